The molecule has 0 fully saturated rings. The fourth-order valence-electron chi connectivity index (χ4n) is 1.86. The number of ether oxygens (including phenoxy) is 3. The average Bonchev–Trinajstić information content (AvgIpc) is 2.62. The highest BCUT2D eigenvalue weighted by Crippen LogP contribution is 2.17. The highest BCUT2D eigenvalue weighted by atomic mass is 19.1. The van der Waals surface area contributed by atoms with Crippen LogP contribution in [0.2, 0.25) is 0 Å². The van der Waals surface area contributed by atoms with Gasteiger partial charge in [0.15, 0.2) is 0 Å². The molecular formula is C18H35FN2O5. The van der Waals surface area contributed by atoms with Gasteiger partial charge in [-0.3, -0.25) is 9.59 Å². The van der Waals surface area contributed by atoms with Crippen LogP contribution in [0.25, 0.3) is 0 Å². The molecule has 0 rings (SSSR count). The van der Waals surface area contributed by atoms with E-state index in [1.54, 1.807) is 20.8 Å². The highest BCUT2D eigenvalue weighted by Gasteiger charge is 2.31. The van der Waals surface area contributed by atoms with Crippen LogP contribution >= 0.6 is 0 Å². The lowest BCUT2D eigenvalue weighted by Gasteiger charge is -2.29. The van der Waals surface area contributed by atoms with Crippen LogP contribution in [0.15, 0.2) is 0 Å². The maximum atomic E-state index is 14.3. The Hall–Kier alpha value is -1.25. The summed E-state index contributed by atoms with van der Waals surface area (Å²) in [5.74, 6) is -0.470. The summed E-state index contributed by atoms with van der Waals surface area (Å²) < 4.78 is 30.1. The van der Waals surface area contributed by atoms with E-state index in [1.165, 1.54) is 0 Å². The summed E-state index contributed by atoms with van der Waals surface area (Å²) in [5.41, 5.74) is -1.03. The topological polar surface area (TPSA) is 85.9 Å². The number of rotatable bonds is 15. The average molecular weight is 378 g/mol. The lowest BCUT2D eigenvalue weighted by molar-refractivity contribution is -0.126. The molecule has 0 aromatic heterocycles. The molecule has 0 spiro atoms. The van der Waals surface area contributed by atoms with Gasteiger partial charge in [0.05, 0.1) is 32.0 Å². The molecule has 0 bridgehead atoms. The van der Waals surface area contributed by atoms with Crippen LogP contribution in [0.4, 0.5) is 4.39 Å². The Kier molecular flexibility index (Phi) is 13.2. The quantitative estimate of drug-likeness (QED) is 0.421. The van der Waals surface area contributed by atoms with E-state index >= 15 is 0 Å². The van der Waals surface area contributed by atoms with Gasteiger partial charge < -0.3 is 24.8 Å². The van der Waals surface area contributed by atoms with Crippen LogP contribution in [0.3, 0.4) is 0 Å². The van der Waals surface area contributed by atoms with Crippen molar-refractivity contribution in [2.24, 2.45) is 5.92 Å². The zero-order chi connectivity index (χ0) is 20.0. The second-order valence-electron chi connectivity index (χ2n) is 6.57. The van der Waals surface area contributed by atoms with Crippen LogP contribution in [0.1, 0.15) is 41.0 Å². The minimum Gasteiger partial charge on any atom is -0.377 e. The van der Waals surface area contributed by atoms with Crippen molar-refractivity contribution in [3.05, 3.63) is 0 Å². The summed E-state index contributed by atoms with van der Waals surface area (Å²) >= 11 is 0. The van der Waals surface area contributed by atoms with Crippen LogP contribution in [0.5, 0.6) is 0 Å². The number of halogens is 1. The first-order chi connectivity index (χ1) is 12.2. The van der Waals surface area contributed by atoms with Crippen molar-refractivity contribution in [3.8, 4) is 0 Å². The van der Waals surface area contributed by atoms with Crippen molar-refractivity contribution in [1.82, 2.24) is 10.6 Å². The predicted octanol–water partition coefficient (Wildman–Crippen LogP) is 1.45. The minimum atomic E-state index is -1.33. The third kappa shape index (κ3) is 11.4. The standard InChI is InChI=1S/C18H35FN2O5/c1-6-14(3)17(23)21-12-15(19)18(4,5)26-11-10-25-9-8-20-16(22)13-24-7-2/h14-15H,6-13H2,1-5H3,(H,20,22)(H,21,23). The number of amides is 2. The van der Waals surface area contributed by atoms with Crippen LogP contribution in [-0.4, -0.2) is 69.7 Å². The maximum absolute atomic E-state index is 14.3. The van der Waals surface area contributed by atoms with Crippen molar-refractivity contribution >= 4 is 11.8 Å². The molecule has 8 heteroatoms. The molecule has 2 atom stereocenters. The van der Waals surface area contributed by atoms with Gasteiger partial charge in [-0.05, 0) is 27.2 Å². The molecule has 2 unspecified atom stereocenters. The van der Waals surface area contributed by atoms with E-state index < -0.39 is 11.8 Å². The number of alkyl halides is 1. The van der Waals surface area contributed by atoms with Gasteiger partial charge in [0.25, 0.3) is 0 Å². The maximum Gasteiger partial charge on any atom is 0.246 e. The van der Waals surface area contributed by atoms with Gasteiger partial charge in [0, 0.05) is 19.1 Å². The van der Waals surface area contributed by atoms with Crippen molar-refractivity contribution < 1.29 is 28.2 Å². The number of hydrogen-bond donors (Lipinski definition) is 2. The SMILES string of the molecule is CCOCC(=O)NCCOCCOC(C)(C)C(F)CNC(=O)C(C)CC. The molecule has 0 saturated heterocycles. The van der Waals surface area contributed by atoms with Crippen LogP contribution in [0, 0.1) is 5.92 Å². The van der Waals surface area contributed by atoms with Crippen molar-refractivity contribution in [2.75, 3.05) is 46.1 Å². The Balaban J connectivity index is 3.82. The van der Waals surface area contributed by atoms with E-state index in [9.17, 15) is 14.0 Å². The van der Waals surface area contributed by atoms with Gasteiger partial charge in [-0.25, -0.2) is 4.39 Å². The molecule has 0 aliphatic rings. The normalized spacial score (nSPS) is 13.9. The Morgan fingerprint density at radius 3 is 2.38 bits per heavy atom. The van der Waals surface area contributed by atoms with Crippen molar-refractivity contribution in [3.63, 3.8) is 0 Å². The molecule has 2 amide bonds. The van der Waals surface area contributed by atoms with Gasteiger partial charge in [0.1, 0.15) is 12.8 Å². The molecule has 0 aromatic carbocycles. The summed E-state index contributed by atoms with van der Waals surface area (Å²) in [5, 5.41) is 5.26. The van der Waals surface area contributed by atoms with Gasteiger partial charge in [-0.1, -0.05) is 13.8 Å². The van der Waals surface area contributed by atoms with E-state index in [2.05, 4.69) is 10.6 Å². The first-order valence-corrected chi connectivity index (χ1v) is 9.22. The lowest BCUT2D eigenvalue weighted by atomic mass is 10.0. The Labute approximate surface area is 156 Å². The monoisotopic (exact) mass is 378 g/mol. The Bertz CT molecular complexity index is 407. The fourth-order valence-corrected chi connectivity index (χ4v) is 1.86. The molecule has 0 aliphatic carbocycles. The minimum absolute atomic E-state index is 0.0409. The van der Waals surface area contributed by atoms with E-state index in [1.807, 2.05) is 13.8 Å². The van der Waals surface area contributed by atoms with E-state index in [-0.39, 0.29) is 44.1 Å². The van der Waals surface area contributed by atoms with Crippen LogP contribution in [-0.2, 0) is 23.8 Å². The number of nitrogens with one attached hydrogen (secondary N) is 2. The third-order valence-electron chi connectivity index (χ3n) is 3.98. The zero-order valence-electron chi connectivity index (χ0n) is 16.7. The van der Waals surface area contributed by atoms with Gasteiger partial charge in [-0.15, -0.1) is 0 Å². The van der Waals surface area contributed by atoms with Crippen molar-refractivity contribution in [1.29, 1.82) is 0 Å². The summed E-state index contributed by atoms with van der Waals surface area (Å²) in [6, 6.07) is 0. The van der Waals surface area contributed by atoms with E-state index in [4.69, 9.17) is 14.2 Å². The highest BCUT2D eigenvalue weighted by molar-refractivity contribution is 5.78. The first kappa shape index (κ1) is 24.8. The van der Waals surface area contributed by atoms with E-state index in [0.717, 1.165) is 0 Å². The molecule has 7 nitrogen and oxygen atoms in total. The van der Waals surface area contributed by atoms with Crippen molar-refractivity contribution in [2.45, 2.75) is 52.8 Å². The first-order valence-electron chi connectivity index (χ1n) is 9.22. The summed E-state index contributed by atoms with van der Waals surface area (Å²) in [7, 11) is 0. The second kappa shape index (κ2) is 13.9. The molecule has 0 radical (unpaired) electrons. The lowest BCUT2D eigenvalue weighted by Crippen LogP contribution is -2.45. The summed E-state index contributed by atoms with van der Waals surface area (Å²) in [6.07, 6.45) is -0.611. The van der Waals surface area contributed by atoms with Gasteiger partial charge in [0.2, 0.25) is 11.8 Å². The largest absolute Gasteiger partial charge is 0.377 e. The smallest absolute Gasteiger partial charge is 0.246 e. The zero-order valence-corrected chi connectivity index (χ0v) is 16.7. The predicted molar refractivity (Wildman–Crippen MR) is 97.7 cm³/mol. The molecule has 0 saturated carbocycles. The van der Waals surface area contributed by atoms with Crippen LogP contribution < -0.4 is 10.6 Å². The van der Waals surface area contributed by atoms with Gasteiger partial charge >= 0.3 is 0 Å². The number of carbonyl (C=O) groups excluding carboxylic acids is 2. The second-order valence-corrected chi connectivity index (χ2v) is 6.57. The van der Waals surface area contributed by atoms with Gasteiger partial charge in [-0.2, -0.15) is 0 Å². The molecule has 2 N–H and O–H groups in total. The molecule has 154 valence electrons. The Morgan fingerprint density at radius 2 is 1.77 bits per heavy atom. The third-order valence-corrected chi connectivity index (χ3v) is 3.98. The molecule has 0 aliphatic heterocycles. The van der Waals surface area contributed by atoms with E-state index in [0.29, 0.717) is 26.2 Å². The summed E-state index contributed by atoms with van der Waals surface area (Å²) in [4.78, 5) is 23.0. The number of hydrogen-bond acceptors (Lipinski definition) is 5. The Morgan fingerprint density at radius 1 is 1.08 bits per heavy atom. The number of carbonyl (C=O) groups is 2. The molecular weight excluding hydrogens is 343 g/mol. The fraction of sp³-hybridized carbons (Fsp3) is 0.889. The molecule has 0 aromatic rings. The molecule has 26 heavy (non-hydrogen) atoms. The summed E-state index contributed by atoms with van der Waals surface area (Å²) in [6.45, 7) is 10.5. The molecule has 0 heterocycles.